The fraction of sp³-hybridized carbons (Fsp3) is 1.00. The fourth-order valence-corrected chi connectivity index (χ4v) is 1.53. The Kier molecular flexibility index (Phi) is 6.63. The van der Waals surface area contributed by atoms with Gasteiger partial charge in [-0.25, -0.2) is 0 Å². The molecule has 0 amide bonds. The van der Waals surface area contributed by atoms with Crippen LogP contribution in [-0.4, -0.2) is 11.2 Å². The predicted octanol–water partition coefficient (Wildman–Crippen LogP) is 2.97. The van der Waals surface area contributed by atoms with E-state index in [4.69, 9.17) is 0 Å². The van der Waals surface area contributed by atoms with Gasteiger partial charge in [-0.05, 0) is 18.8 Å². The summed E-state index contributed by atoms with van der Waals surface area (Å²) < 4.78 is 0. The van der Waals surface area contributed by atoms with Crippen LogP contribution in [0, 0.1) is 5.92 Å². The molecule has 0 bridgehead atoms. The zero-order chi connectivity index (χ0) is 8.69. The van der Waals surface area contributed by atoms with Gasteiger partial charge in [-0.2, -0.15) is 0 Å². The first-order valence-corrected chi connectivity index (χ1v) is 4.88. The van der Waals surface area contributed by atoms with Gasteiger partial charge in [-0.15, -0.1) is 0 Å². The number of hydrogen-bond acceptors (Lipinski definition) is 1. The van der Waals surface area contributed by atoms with Crippen LogP contribution in [0.25, 0.3) is 0 Å². The highest BCUT2D eigenvalue weighted by Crippen LogP contribution is 2.14. The smallest absolute Gasteiger partial charge is 0.0542 e. The van der Waals surface area contributed by atoms with Gasteiger partial charge in [-0.1, -0.05) is 40.0 Å². The van der Waals surface area contributed by atoms with Gasteiger partial charge >= 0.3 is 0 Å². The minimum atomic E-state index is -0.0541. The molecule has 0 saturated heterocycles. The number of hydrogen-bond donors (Lipinski definition) is 1. The van der Waals surface area contributed by atoms with Crippen LogP contribution < -0.4 is 0 Å². The minimum absolute atomic E-state index is 0.0541. The second-order valence-corrected chi connectivity index (χ2v) is 3.57. The Morgan fingerprint density at radius 2 is 1.64 bits per heavy atom. The van der Waals surface area contributed by atoms with Crippen LogP contribution in [0.1, 0.15) is 52.9 Å². The molecular formula is C10H22O. The molecule has 0 fully saturated rings. The average molecular weight is 158 g/mol. The third-order valence-electron chi connectivity index (χ3n) is 2.08. The topological polar surface area (TPSA) is 20.2 Å². The Labute approximate surface area is 70.8 Å². The van der Waals surface area contributed by atoms with Crippen molar-refractivity contribution in [3.8, 4) is 0 Å². The summed E-state index contributed by atoms with van der Waals surface area (Å²) in [5.41, 5.74) is 0. The first-order chi connectivity index (χ1) is 5.20. The summed E-state index contributed by atoms with van der Waals surface area (Å²) in [5.74, 6) is 0.696. The second kappa shape index (κ2) is 6.66. The van der Waals surface area contributed by atoms with Crippen molar-refractivity contribution < 1.29 is 5.11 Å². The van der Waals surface area contributed by atoms with Gasteiger partial charge in [0.25, 0.3) is 0 Å². The van der Waals surface area contributed by atoms with Crippen LogP contribution in [0.3, 0.4) is 0 Å². The van der Waals surface area contributed by atoms with E-state index < -0.39 is 0 Å². The van der Waals surface area contributed by atoms with Crippen molar-refractivity contribution in [2.45, 2.75) is 59.0 Å². The summed E-state index contributed by atoms with van der Waals surface area (Å²) in [6, 6.07) is 0. The lowest BCUT2D eigenvalue weighted by atomic mass is 9.97. The van der Waals surface area contributed by atoms with E-state index in [0.29, 0.717) is 5.92 Å². The van der Waals surface area contributed by atoms with Crippen molar-refractivity contribution in [2.75, 3.05) is 0 Å². The molecule has 0 aromatic heterocycles. The third kappa shape index (κ3) is 6.36. The average Bonchev–Trinajstić information content (AvgIpc) is 1.87. The second-order valence-electron chi connectivity index (χ2n) is 3.57. The van der Waals surface area contributed by atoms with Crippen LogP contribution >= 0.6 is 0 Å². The molecule has 11 heavy (non-hydrogen) atoms. The van der Waals surface area contributed by atoms with Gasteiger partial charge in [0.05, 0.1) is 6.10 Å². The third-order valence-corrected chi connectivity index (χ3v) is 2.08. The molecular weight excluding hydrogens is 136 g/mol. The highest BCUT2D eigenvalue weighted by atomic mass is 16.3. The van der Waals surface area contributed by atoms with Gasteiger partial charge in [0, 0.05) is 0 Å². The monoisotopic (exact) mass is 158 g/mol. The van der Waals surface area contributed by atoms with E-state index in [0.717, 1.165) is 19.3 Å². The molecule has 0 radical (unpaired) electrons. The number of aliphatic hydroxyl groups excluding tert-OH is 1. The Balaban J connectivity index is 3.32. The van der Waals surface area contributed by atoms with Gasteiger partial charge in [0.1, 0.15) is 0 Å². The normalized spacial score (nSPS) is 16.4. The van der Waals surface area contributed by atoms with Gasteiger partial charge in [0.15, 0.2) is 0 Å². The lowest BCUT2D eigenvalue weighted by molar-refractivity contribution is 0.133. The molecule has 1 nitrogen and oxygen atoms in total. The Morgan fingerprint density at radius 3 is 2.09 bits per heavy atom. The quantitative estimate of drug-likeness (QED) is 0.630. The molecule has 0 heterocycles. The Morgan fingerprint density at radius 1 is 1.09 bits per heavy atom. The molecule has 0 saturated carbocycles. The molecule has 1 heteroatoms. The van der Waals surface area contributed by atoms with E-state index in [9.17, 15) is 5.11 Å². The molecule has 0 aliphatic rings. The van der Waals surface area contributed by atoms with Gasteiger partial charge in [0.2, 0.25) is 0 Å². The maximum atomic E-state index is 9.45. The summed E-state index contributed by atoms with van der Waals surface area (Å²) in [5, 5.41) is 9.45. The lowest BCUT2D eigenvalue weighted by Crippen LogP contribution is -2.10. The van der Waals surface area contributed by atoms with Gasteiger partial charge in [-0.3, -0.25) is 0 Å². The fourth-order valence-electron chi connectivity index (χ4n) is 1.53. The van der Waals surface area contributed by atoms with Crippen LogP contribution in [-0.2, 0) is 0 Å². The molecule has 0 spiro atoms. The SMILES string of the molecule is CCC[C@@H](C)C[C@@H](O)CCC. The van der Waals surface area contributed by atoms with E-state index in [1.807, 2.05) is 0 Å². The minimum Gasteiger partial charge on any atom is -0.393 e. The summed E-state index contributed by atoms with van der Waals surface area (Å²) in [6.07, 6.45) is 5.48. The number of aliphatic hydroxyl groups is 1. The Hall–Kier alpha value is -0.0400. The molecule has 0 aliphatic heterocycles. The molecule has 1 N–H and O–H groups in total. The summed E-state index contributed by atoms with van der Waals surface area (Å²) in [7, 11) is 0. The van der Waals surface area contributed by atoms with Crippen LogP contribution in [0.2, 0.25) is 0 Å². The summed E-state index contributed by atoms with van der Waals surface area (Å²) >= 11 is 0. The first-order valence-electron chi connectivity index (χ1n) is 4.88. The molecule has 0 aromatic carbocycles. The van der Waals surface area contributed by atoms with Crippen LogP contribution in [0.4, 0.5) is 0 Å². The van der Waals surface area contributed by atoms with Crippen molar-refractivity contribution in [1.29, 1.82) is 0 Å². The van der Waals surface area contributed by atoms with Crippen molar-refractivity contribution in [3.05, 3.63) is 0 Å². The highest BCUT2D eigenvalue weighted by Gasteiger charge is 2.07. The lowest BCUT2D eigenvalue weighted by Gasteiger charge is -2.14. The van der Waals surface area contributed by atoms with Crippen LogP contribution in [0.15, 0.2) is 0 Å². The molecule has 0 unspecified atom stereocenters. The maximum absolute atomic E-state index is 9.45. The van der Waals surface area contributed by atoms with E-state index in [1.54, 1.807) is 0 Å². The molecule has 0 rings (SSSR count). The van der Waals surface area contributed by atoms with E-state index in [-0.39, 0.29) is 6.10 Å². The summed E-state index contributed by atoms with van der Waals surface area (Å²) in [6.45, 7) is 6.54. The van der Waals surface area contributed by atoms with Crippen molar-refractivity contribution in [1.82, 2.24) is 0 Å². The molecule has 0 aromatic rings. The molecule has 2 atom stereocenters. The largest absolute Gasteiger partial charge is 0.393 e. The van der Waals surface area contributed by atoms with E-state index >= 15 is 0 Å². The highest BCUT2D eigenvalue weighted by molar-refractivity contribution is 4.60. The first kappa shape index (κ1) is 11.0. The standard InChI is InChI=1S/C10H22O/c1-4-6-9(3)8-10(11)7-5-2/h9-11H,4-8H2,1-3H3/t9-,10+/m1/s1. The molecule has 0 aliphatic carbocycles. The predicted molar refractivity (Wildman–Crippen MR) is 49.6 cm³/mol. The zero-order valence-electron chi connectivity index (χ0n) is 8.14. The van der Waals surface area contributed by atoms with Gasteiger partial charge < -0.3 is 5.11 Å². The summed E-state index contributed by atoms with van der Waals surface area (Å²) in [4.78, 5) is 0. The van der Waals surface area contributed by atoms with E-state index in [1.165, 1.54) is 12.8 Å². The van der Waals surface area contributed by atoms with Crippen molar-refractivity contribution in [3.63, 3.8) is 0 Å². The maximum Gasteiger partial charge on any atom is 0.0542 e. The van der Waals surface area contributed by atoms with Crippen molar-refractivity contribution >= 4 is 0 Å². The Bertz CT molecular complexity index is 70.9. The zero-order valence-corrected chi connectivity index (χ0v) is 8.14. The van der Waals surface area contributed by atoms with Crippen LogP contribution in [0.5, 0.6) is 0 Å². The van der Waals surface area contributed by atoms with E-state index in [2.05, 4.69) is 20.8 Å². The van der Waals surface area contributed by atoms with Crippen molar-refractivity contribution in [2.24, 2.45) is 5.92 Å². The number of rotatable bonds is 6. The molecule has 68 valence electrons.